The largest absolute Gasteiger partial charge is 0.310 e. The van der Waals surface area contributed by atoms with Gasteiger partial charge >= 0.3 is 0 Å². The smallest absolute Gasteiger partial charge is 0.138 e. The lowest BCUT2D eigenvalue weighted by Gasteiger charge is -2.14. The summed E-state index contributed by atoms with van der Waals surface area (Å²) in [6, 6.07) is 9.11. The van der Waals surface area contributed by atoms with Gasteiger partial charge in [0.1, 0.15) is 12.2 Å². The Morgan fingerprint density at radius 3 is 2.95 bits per heavy atom. The van der Waals surface area contributed by atoms with Gasteiger partial charge in [-0.05, 0) is 37.6 Å². The lowest BCUT2D eigenvalue weighted by molar-refractivity contribution is 0.570. The zero-order valence-electron chi connectivity index (χ0n) is 12.3. The Morgan fingerprint density at radius 2 is 2.25 bits per heavy atom. The Hall–Kier alpha value is -1.33. The lowest BCUT2D eigenvalue weighted by Crippen LogP contribution is -2.19. The highest BCUT2D eigenvalue weighted by atomic mass is 32.2. The Morgan fingerprint density at radius 1 is 1.40 bits per heavy atom. The minimum Gasteiger partial charge on any atom is -0.310 e. The topological polar surface area (TPSA) is 42.7 Å². The highest BCUT2D eigenvalue weighted by molar-refractivity contribution is 7.98. The highest BCUT2D eigenvalue weighted by Crippen LogP contribution is 2.24. The maximum Gasteiger partial charge on any atom is 0.138 e. The third-order valence-corrected chi connectivity index (χ3v) is 4.22. The molecule has 0 bridgehead atoms. The summed E-state index contributed by atoms with van der Waals surface area (Å²) < 4.78 is 1.82. The molecule has 20 heavy (non-hydrogen) atoms. The van der Waals surface area contributed by atoms with Crippen LogP contribution in [0.4, 0.5) is 0 Å². The number of thioether (sulfide) groups is 1. The summed E-state index contributed by atoms with van der Waals surface area (Å²) in [7, 11) is 1.93. The summed E-state index contributed by atoms with van der Waals surface area (Å²) in [6.07, 6.45) is 2.76. The van der Waals surface area contributed by atoms with Crippen LogP contribution in [-0.4, -0.2) is 21.3 Å². The SMILES string of the molecule is CCCNC(C)c1cccc(SCc2ncnn2C)c1. The number of nitrogens with zero attached hydrogens (tertiary/aromatic N) is 3. The van der Waals surface area contributed by atoms with Gasteiger partial charge in [-0.1, -0.05) is 19.1 Å². The number of rotatable bonds is 7. The van der Waals surface area contributed by atoms with Gasteiger partial charge in [-0.25, -0.2) is 4.98 Å². The monoisotopic (exact) mass is 290 g/mol. The van der Waals surface area contributed by atoms with E-state index in [1.807, 2.05) is 11.7 Å². The van der Waals surface area contributed by atoms with Gasteiger partial charge in [-0.3, -0.25) is 4.68 Å². The second-order valence-corrected chi connectivity index (χ2v) is 5.89. The van der Waals surface area contributed by atoms with Crippen molar-refractivity contribution in [3.05, 3.63) is 42.0 Å². The normalized spacial score (nSPS) is 12.6. The van der Waals surface area contributed by atoms with E-state index in [0.717, 1.165) is 24.5 Å². The van der Waals surface area contributed by atoms with Crippen LogP contribution in [-0.2, 0) is 12.8 Å². The van der Waals surface area contributed by atoms with Gasteiger partial charge in [0.05, 0.1) is 5.75 Å². The standard InChI is InChI=1S/C15H22N4S/c1-4-8-16-12(2)13-6-5-7-14(9-13)20-10-15-17-11-18-19(15)3/h5-7,9,11-12,16H,4,8,10H2,1-3H3. The minimum absolute atomic E-state index is 0.394. The molecule has 5 heteroatoms. The molecule has 0 radical (unpaired) electrons. The molecule has 0 saturated carbocycles. The first-order valence-corrected chi connectivity index (χ1v) is 7.98. The van der Waals surface area contributed by atoms with Crippen LogP contribution in [0.2, 0.25) is 0 Å². The number of hydrogen-bond acceptors (Lipinski definition) is 4. The summed E-state index contributed by atoms with van der Waals surface area (Å²) in [6.45, 7) is 5.45. The fourth-order valence-corrected chi connectivity index (χ4v) is 2.90. The number of aromatic nitrogens is 3. The average molecular weight is 290 g/mol. The van der Waals surface area contributed by atoms with E-state index in [1.54, 1.807) is 18.1 Å². The molecule has 1 heterocycles. The second kappa shape index (κ2) is 7.45. The molecule has 1 atom stereocenters. The summed E-state index contributed by atoms with van der Waals surface area (Å²) in [5, 5.41) is 7.61. The molecule has 0 amide bonds. The van der Waals surface area contributed by atoms with Crippen molar-refractivity contribution in [2.24, 2.45) is 7.05 Å². The third-order valence-electron chi connectivity index (χ3n) is 3.23. The van der Waals surface area contributed by atoms with E-state index in [4.69, 9.17) is 0 Å². The van der Waals surface area contributed by atoms with Crippen LogP contribution in [0.3, 0.4) is 0 Å². The molecule has 1 aromatic heterocycles. The molecule has 0 saturated heterocycles. The van der Waals surface area contributed by atoms with Crippen LogP contribution in [0.25, 0.3) is 0 Å². The fourth-order valence-electron chi connectivity index (χ4n) is 1.95. The molecule has 0 fully saturated rings. The predicted molar refractivity (Wildman–Crippen MR) is 83.7 cm³/mol. The van der Waals surface area contributed by atoms with Crippen LogP contribution >= 0.6 is 11.8 Å². The van der Waals surface area contributed by atoms with Crippen molar-refractivity contribution in [2.45, 2.75) is 37.0 Å². The van der Waals surface area contributed by atoms with E-state index in [1.165, 1.54) is 10.5 Å². The summed E-state index contributed by atoms with van der Waals surface area (Å²) in [4.78, 5) is 5.52. The van der Waals surface area contributed by atoms with Gasteiger partial charge in [0.25, 0.3) is 0 Å². The maximum absolute atomic E-state index is 4.25. The maximum atomic E-state index is 4.25. The quantitative estimate of drug-likeness (QED) is 0.795. The predicted octanol–water partition coefficient (Wildman–Crippen LogP) is 3.17. The number of hydrogen-bond donors (Lipinski definition) is 1. The van der Waals surface area contributed by atoms with Crippen molar-refractivity contribution in [3.8, 4) is 0 Å². The Kier molecular flexibility index (Phi) is 5.61. The second-order valence-electron chi connectivity index (χ2n) is 4.84. The van der Waals surface area contributed by atoms with Crippen LogP contribution < -0.4 is 5.32 Å². The van der Waals surface area contributed by atoms with Gasteiger partial charge in [-0.2, -0.15) is 5.10 Å². The van der Waals surface area contributed by atoms with Gasteiger partial charge in [0.15, 0.2) is 0 Å². The molecule has 1 unspecified atom stereocenters. The molecule has 0 aliphatic carbocycles. The molecule has 2 rings (SSSR count). The molecule has 108 valence electrons. The zero-order chi connectivity index (χ0) is 14.4. The molecule has 0 aliphatic rings. The van der Waals surface area contributed by atoms with E-state index in [2.05, 4.69) is 53.5 Å². The van der Waals surface area contributed by atoms with E-state index >= 15 is 0 Å². The van der Waals surface area contributed by atoms with Gasteiger partial charge in [-0.15, -0.1) is 11.8 Å². The van der Waals surface area contributed by atoms with Crippen molar-refractivity contribution in [1.29, 1.82) is 0 Å². The molecule has 0 spiro atoms. The Bertz CT molecular complexity index is 538. The first kappa shape index (κ1) is 15.1. The van der Waals surface area contributed by atoms with Gasteiger partial charge in [0, 0.05) is 18.0 Å². The zero-order valence-corrected chi connectivity index (χ0v) is 13.2. The van der Waals surface area contributed by atoms with Crippen molar-refractivity contribution < 1.29 is 0 Å². The third kappa shape index (κ3) is 4.08. The molecule has 1 aromatic carbocycles. The van der Waals surface area contributed by atoms with Crippen LogP contribution in [0.1, 0.15) is 37.7 Å². The van der Waals surface area contributed by atoms with E-state index in [-0.39, 0.29) is 0 Å². The Labute approximate surface area is 125 Å². The summed E-state index contributed by atoms with van der Waals surface area (Å²) in [5.41, 5.74) is 1.33. The van der Waals surface area contributed by atoms with Crippen LogP contribution in [0.15, 0.2) is 35.5 Å². The number of aryl methyl sites for hydroxylation is 1. The Balaban J connectivity index is 1.97. The highest BCUT2D eigenvalue weighted by Gasteiger charge is 2.06. The van der Waals surface area contributed by atoms with E-state index in [0.29, 0.717) is 6.04 Å². The van der Waals surface area contributed by atoms with Gasteiger partial charge in [0.2, 0.25) is 0 Å². The molecular weight excluding hydrogens is 268 g/mol. The molecule has 2 aromatic rings. The number of benzene rings is 1. The van der Waals surface area contributed by atoms with Crippen LogP contribution in [0.5, 0.6) is 0 Å². The van der Waals surface area contributed by atoms with E-state index < -0.39 is 0 Å². The van der Waals surface area contributed by atoms with Crippen molar-refractivity contribution >= 4 is 11.8 Å². The summed E-state index contributed by atoms with van der Waals surface area (Å²) in [5.74, 6) is 1.84. The number of nitrogens with one attached hydrogen (secondary N) is 1. The van der Waals surface area contributed by atoms with Crippen molar-refractivity contribution in [2.75, 3.05) is 6.54 Å². The van der Waals surface area contributed by atoms with Crippen molar-refractivity contribution in [3.63, 3.8) is 0 Å². The summed E-state index contributed by atoms with van der Waals surface area (Å²) >= 11 is 1.80. The molecule has 1 N–H and O–H groups in total. The lowest BCUT2D eigenvalue weighted by atomic mass is 10.1. The average Bonchev–Trinajstić information content (AvgIpc) is 2.88. The van der Waals surface area contributed by atoms with Crippen LogP contribution in [0, 0.1) is 0 Å². The van der Waals surface area contributed by atoms with Gasteiger partial charge < -0.3 is 5.32 Å². The first-order chi connectivity index (χ1) is 9.70. The molecule has 0 aliphatic heterocycles. The first-order valence-electron chi connectivity index (χ1n) is 6.99. The van der Waals surface area contributed by atoms with Crippen molar-refractivity contribution in [1.82, 2.24) is 20.1 Å². The minimum atomic E-state index is 0.394. The fraction of sp³-hybridized carbons (Fsp3) is 0.467. The molecule has 4 nitrogen and oxygen atoms in total. The molecular formula is C15H22N4S. The van der Waals surface area contributed by atoms with E-state index in [9.17, 15) is 0 Å².